The van der Waals surface area contributed by atoms with E-state index in [9.17, 15) is 5.11 Å². The number of phenols is 1. The molecular formula is C28H42O2. The van der Waals surface area contributed by atoms with Crippen LogP contribution in [0.4, 0.5) is 0 Å². The third-order valence-corrected chi connectivity index (χ3v) is 5.88. The highest BCUT2D eigenvalue weighted by molar-refractivity contribution is 5.52. The molecule has 0 spiro atoms. The quantitative estimate of drug-likeness (QED) is 0.280. The predicted octanol–water partition coefficient (Wildman–Crippen LogP) is 8.99. The summed E-state index contributed by atoms with van der Waals surface area (Å²) in [5, 5.41) is 10.5. The predicted molar refractivity (Wildman–Crippen MR) is 129 cm³/mol. The number of aromatic hydroxyl groups is 1. The smallest absolute Gasteiger partial charge is 0.172 e. The van der Waals surface area contributed by atoms with Crippen molar-refractivity contribution < 1.29 is 9.84 Å². The van der Waals surface area contributed by atoms with Crippen LogP contribution in [0, 0.1) is 0 Å². The van der Waals surface area contributed by atoms with Gasteiger partial charge in [-0.3, -0.25) is 0 Å². The summed E-state index contributed by atoms with van der Waals surface area (Å²) in [4.78, 5) is 0. The van der Waals surface area contributed by atoms with Crippen molar-refractivity contribution in [1.82, 2.24) is 0 Å². The zero-order chi connectivity index (χ0) is 21.4. The molecule has 166 valence electrons. The largest absolute Gasteiger partial charge is 0.504 e. The second-order valence-corrected chi connectivity index (χ2v) is 8.50. The van der Waals surface area contributed by atoms with E-state index in [0.717, 1.165) is 25.0 Å². The lowest BCUT2D eigenvalue weighted by Crippen LogP contribution is -2.00. The average molecular weight is 411 g/mol. The first-order valence-corrected chi connectivity index (χ1v) is 12.3. The van der Waals surface area contributed by atoms with E-state index in [1.165, 1.54) is 81.8 Å². The molecule has 2 nitrogen and oxygen atoms in total. The van der Waals surface area contributed by atoms with Gasteiger partial charge in [-0.25, -0.2) is 0 Å². The van der Waals surface area contributed by atoms with Crippen LogP contribution in [0.2, 0.25) is 0 Å². The molecule has 0 radical (unpaired) electrons. The third kappa shape index (κ3) is 8.81. The highest BCUT2D eigenvalue weighted by atomic mass is 16.5. The molecule has 0 amide bonds. The van der Waals surface area contributed by atoms with Gasteiger partial charge in [0.25, 0.3) is 0 Å². The lowest BCUT2D eigenvalue weighted by molar-refractivity contribution is 0.405. The van der Waals surface area contributed by atoms with Crippen molar-refractivity contribution in [3.63, 3.8) is 0 Å². The van der Waals surface area contributed by atoms with Crippen molar-refractivity contribution in [3.05, 3.63) is 53.6 Å². The van der Waals surface area contributed by atoms with Gasteiger partial charge in [0.2, 0.25) is 0 Å². The van der Waals surface area contributed by atoms with Crippen molar-refractivity contribution in [2.24, 2.45) is 0 Å². The Hall–Kier alpha value is -1.96. The molecule has 2 heteroatoms. The van der Waals surface area contributed by atoms with Crippen molar-refractivity contribution >= 4 is 0 Å². The Morgan fingerprint density at radius 1 is 0.633 bits per heavy atom. The first-order valence-electron chi connectivity index (χ1n) is 12.3. The van der Waals surface area contributed by atoms with Crippen LogP contribution in [0.25, 0.3) is 0 Å². The molecule has 0 saturated heterocycles. The van der Waals surface area contributed by atoms with E-state index in [4.69, 9.17) is 4.74 Å². The van der Waals surface area contributed by atoms with Crippen molar-refractivity contribution in [2.75, 3.05) is 0 Å². The zero-order valence-electron chi connectivity index (χ0n) is 19.3. The Bertz CT molecular complexity index is 693. The fourth-order valence-electron chi connectivity index (χ4n) is 4.04. The van der Waals surface area contributed by atoms with Crippen LogP contribution in [-0.4, -0.2) is 5.11 Å². The summed E-state index contributed by atoms with van der Waals surface area (Å²) in [7, 11) is 0. The van der Waals surface area contributed by atoms with E-state index in [0.29, 0.717) is 5.75 Å². The Morgan fingerprint density at radius 3 is 1.87 bits per heavy atom. The monoisotopic (exact) mass is 410 g/mol. The van der Waals surface area contributed by atoms with Gasteiger partial charge in [0.15, 0.2) is 11.5 Å². The van der Waals surface area contributed by atoms with Gasteiger partial charge < -0.3 is 9.84 Å². The summed E-state index contributed by atoms with van der Waals surface area (Å²) >= 11 is 0. The van der Waals surface area contributed by atoms with E-state index in [-0.39, 0.29) is 5.75 Å². The number of phenolic OH excluding ortho intramolecular Hbond substituents is 1. The van der Waals surface area contributed by atoms with Crippen LogP contribution in [0.3, 0.4) is 0 Å². The van der Waals surface area contributed by atoms with Gasteiger partial charge in [-0.2, -0.15) is 0 Å². The van der Waals surface area contributed by atoms with Crippen molar-refractivity contribution in [1.29, 1.82) is 0 Å². The highest BCUT2D eigenvalue weighted by Crippen LogP contribution is 2.38. The second kappa shape index (κ2) is 14.9. The molecule has 0 heterocycles. The minimum Gasteiger partial charge on any atom is -0.504 e. The summed E-state index contributed by atoms with van der Waals surface area (Å²) in [5.74, 6) is 1.69. The standard InChI is InChI=1S/C28H42O2/c1-3-5-7-8-9-10-11-12-13-17-21-26-24(18-6-4-2)22-23-27(29)28(26)30-25-19-15-14-16-20-25/h14-16,19-20,22-23,29H,3-13,17-18,21H2,1-2H3. The number of rotatable bonds is 16. The van der Waals surface area contributed by atoms with Crippen LogP contribution in [0.1, 0.15) is 102 Å². The first kappa shape index (κ1) is 24.3. The molecule has 0 fully saturated rings. The van der Waals surface area contributed by atoms with Crippen LogP contribution < -0.4 is 4.74 Å². The molecule has 0 aliphatic heterocycles. The number of aryl methyl sites for hydroxylation is 1. The lowest BCUT2D eigenvalue weighted by Gasteiger charge is -2.17. The number of ether oxygens (including phenoxy) is 1. The van der Waals surface area contributed by atoms with Crippen molar-refractivity contribution in [2.45, 2.75) is 104 Å². The fourth-order valence-corrected chi connectivity index (χ4v) is 4.04. The molecule has 2 aromatic carbocycles. The van der Waals surface area contributed by atoms with Crippen LogP contribution in [0.15, 0.2) is 42.5 Å². The third-order valence-electron chi connectivity index (χ3n) is 5.88. The molecule has 0 bridgehead atoms. The molecule has 0 atom stereocenters. The molecule has 0 aromatic heterocycles. The summed E-state index contributed by atoms with van der Waals surface area (Å²) < 4.78 is 6.15. The lowest BCUT2D eigenvalue weighted by atomic mass is 9.95. The maximum Gasteiger partial charge on any atom is 0.172 e. The van der Waals surface area contributed by atoms with Crippen LogP contribution in [0.5, 0.6) is 17.2 Å². The SMILES string of the molecule is CCCCCCCCCCCCc1c(CCCC)ccc(O)c1Oc1ccccc1. The highest BCUT2D eigenvalue weighted by Gasteiger charge is 2.15. The van der Waals surface area contributed by atoms with Gasteiger partial charge in [0.05, 0.1) is 0 Å². The van der Waals surface area contributed by atoms with Crippen molar-refractivity contribution in [3.8, 4) is 17.2 Å². The Labute approximate surface area is 184 Å². The van der Waals surface area contributed by atoms with Gasteiger partial charge in [0, 0.05) is 5.56 Å². The molecular weight excluding hydrogens is 368 g/mol. The summed E-state index contributed by atoms with van der Waals surface area (Å²) in [5.41, 5.74) is 2.53. The second-order valence-electron chi connectivity index (χ2n) is 8.50. The van der Waals surface area contributed by atoms with Crippen LogP contribution in [-0.2, 0) is 12.8 Å². The minimum absolute atomic E-state index is 0.251. The molecule has 0 aliphatic carbocycles. The summed E-state index contributed by atoms with van der Waals surface area (Å²) in [6.07, 6.45) is 17.7. The average Bonchev–Trinajstić information content (AvgIpc) is 2.77. The van der Waals surface area contributed by atoms with Gasteiger partial charge in [-0.05, 0) is 49.4 Å². The van der Waals surface area contributed by atoms with Gasteiger partial charge in [-0.1, -0.05) is 102 Å². The fraction of sp³-hybridized carbons (Fsp3) is 0.571. The summed E-state index contributed by atoms with van der Waals surface area (Å²) in [6, 6.07) is 13.7. The normalized spacial score (nSPS) is 11.0. The van der Waals surface area contributed by atoms with E-state index in [2.05, 4.69) is 19.9 Å². The van der Waals surface area contributed by atoms with E-state index in [1.807, 2.05) is 30.3 Å². The number of hydrogen-bond acceptors (Lipinski definition) is 2. The van der Waals surface area contributed by atoms with Gasteiger partial charge in [0.1, 0.15) is 5.75 Å². The zero-order valence-corrected chi connectivity index (χ0v) is 19.3. The topological polar surface area (TPSA) is 29.5 Å². The molecule has 0 saturated carbocycles. The molecule has 2 aromatic rings. The Kier molecular flexibility index (Phi) is 12.1. The maximum atomic E-state index is 10.5. The minimum atomic E-state index is 0.251. The molecule has 0 aliphatic rings. The van der Waals surface area contributed by atoms with E-state index < -0.39 is 0 Å². The van der Waals surface area contributed by atoms with Crippen LogP contribution >= 0.6 is 0 Å². The van der Waals surface area contributed by atoms with E-state index >= 15 is 0 Å². The maximum absolute atomic E-state index is 10.5. The molecule has 1 N–H and O–H groups in total. The number of hydrogen-bond donors (Lipinski definition) is 1. The Balaban J connectivity index is 1.90. The number of benzene rings is 2. The van der Waals surface area contributed by atoms with Gasteiger partial charge in [-0.15, -0.1) is 0 Å². The first-order chi connectivity index (χ1) is 14.8. The molecule has 30 heavy (non-hydrogen) atoms. The number of unbranched alkanes of at least 4 members (excludes halogenated alkanes) is 10. The Morgan fingerprint density at radius 2 is 1.23 bits per heavy atom. The number of para-hydroxylation sites is 1. The summed E-state index contributed by atoms with van der Waals surface area (Å²) in [6.45, 7) is 4.50. The molecule has 2 rings (SSSR count). The van der Waals surface area contributed by atoms with E-state index in [1.54, 1.807) is 6.07 Å². The molecule has 0 unspecified atom stereocenters. The van der Waals surface area contributed by atoms with Gasteiger partial charge >= 0.3 is 0 Å².